The van der Waals surface area contributed by atoms with Gasteiger partial charge in [-0.1, -0.05) is 0 Å². The maximum Gasteiger partial charge on any atom is 0.326 e. The first-order valence-corrected chi connectivity index (χ1v) is 8.84. The molecule has 0 saturated carbocycles. The Bertz CT molecular complexity index is 892. The fourth-order valence-electron chi connectivity index (χ4n) is 3.44. The molecule has 3 N–H and O–H groups in total. The van der Waals surface area contributed by atoms with Gasteiger partial charge in [-0.25, -0.2) is 9.18 Å². The van der Waals surface area contributed by atoms with Crippen LogP contribution < -0.4 is 5.32 Å². The van der Waals surface area contributed by atoms with Crippen LogP contribution in [0.4, 0.5) is 4.39 Å². The number of aliphatic carboxylic acids is 1. The molecule has 0 aliphatic carbocycles. The van der Waals surface area contributed by atoms with Gasteiger partial charge in [0.05, 0.1) is 5.92 Å². The van der Waals surface area contributed by atoms with Crippen molar-refractivity contribution < 1.29 is 23.9 Å². The summed E-state index contributed by atoms with van der Waals surface area (Å²) < 4.78 is 13.3. The van der Waals surface area contributed by atoms with E-state index in [2.05, 4.69) is 10.3 Å². The second kappa shape index (κ2) is 7.38. The zero-order valence-electron chi connectivity index (χ0n) is 15.2. The van der Waals surface area contributed by atoms with E-state index in [1.54, 1.807) is 17.2 Å². The Labute approximate surface area is 155 Å². The maximum absolute atomic E-state index is 13.3. The number of benzene rings is 1. The third kappa shape index (κ3) is 3.94. The molecule has 144 valence electrons. The lowest BCUT2D eigenvalue weighted by Gasteiger charge is -2.21. The van der Waals surface area contributed by atoms with Crippen LogP contribution in [-0.4, -0.2) is 51.4 Å². The number of H-pyrrole nitrogens is 1. The van der Waals surface area contributed by atoms with Gasteiger partial charge in [-0.3, -0.25) is 9.59 Å². The summed E-state index contributed by atoms with van der Waals surface area (Å²) in [4.78, 5) is 40.6. The summed E-state index contributed by atoms with van der Waals surface area (Å²) >= 11 is 0. The van der Waals surface area contributed by atoms with E-state index in [9.17, 15) is 23.9 Å². The van der Waals surface area contributed by atoms with Gasteiger partial charge in [0.25, 0.3) is 0 Å². The molecule has 0 spiro atoms. The Morgan fingerprint density at radius 3 is 2.78 bits per heavy atom. The number of carbonyl (C=O) groups excluding carboxylic acids is 2. The number of carboxylic acid groups (broad SMARTS) is 1. The highest BCUT2D eigenvalue weighted by atomic mass is 19.1. The number of halogens is 1. The fraction of sp³-hybridized carbons (Fsp3) is 0.421. The minimum Gasteiger partial charge on any atom is -0.480 e. The molecule has 0 unspecified atom stereocenters. The number of amides is 2. The average Bonchev–Trinajstić information content (AvgIpc) is 3.17. The molecule has 1 aliphatic heterocycles. The molecular weight excluding hydrogens is 353 g/mol. The Balaban J connectivity index is 1.71. The zero-order chi connectivity index (χ0) is 19.7. The second-order valence-electron chi connectivity index (χ2n) is 7.15. The van der Waals surface area contributed by atoms with Crippen LogP contribution in [0.25, 0.3) is 10.9 Å². The summed E-state index contributed by atoms with van der Waals surface area (Å²) in [6, 6.07) is 3.08. The van der Waals surface area contributed by atoms with E-state index >= 15 is 0 Å². The molecule has 1 fully saturated rings. The smallest absolute Gasteiger partial charge is 0.326 e. The molecule has 0 bridgehead atoms. The Morgan fingerprint density at radius 2 is 2.15 bits per heavy atom. The SMILES string of the molecule is CC(C)N1C[C@H](C(=O)N[C@H](Cc2c[nH]c3cc(F)ccc23)C(=O)O)CC1=O. The van der Waals surface area contributed by atoms with Gasteiger partial charge < -0.3 is 20.3 Å². The molecule has 2 atom stereocenters. The van der Waals surface area contributed by atoms with Gasteiger partial charge in [0, 0.05) is 42.5 Å². The summed E-state index contributed by atoms with van der Waals surface area (Å²) in [5, 5.41) is 12.8. The zero-order valence-corrected chi connectivity index (χ0v) is 15.2. The van der Waals surface area contributed by atoms with Crippen LogP contribution in [0.5, 0.6) is 0 Å². The molecule has 1 saturated heterocycles. The van der Waals surface area contributed by atoms with Crippen LogP contribution in [0.2, 0.25) is 0 Å². The Kier molecular flexibility index (Phi) is 5.16. The summed E-state index contributed by atoms with van der Waals surface area (Å²) in [5.74, 6) is -2.65. The number of fused-ring (bicyclic) bond motifs is 1. The highest BCUT2D eigenvalue weighted by molar-refractivity contribution is 5.92. The van der Waals surface area contributed by atoms with Crippen LogP contribution in [0.1, 0.15) is 25.8 Å². The topological polar surface area (TPSA) is 102 Å². The monoisotopic (exact) mass is 375 g/mol. The van der Waals surface area contributed by atoms with Crippen LogP contribution >= 0.6 is 0 Å². The Hall–Kier alpha value is -2.90. The van der Waals surface area contributed by atoms with Crippen molar-refractivity contribution in [2.24, 2.45) is 5.92 Å². The molecule has 1 aromatic carbocycles. The van der Waals surface area contributed by atoms with E-state index in [1.807, 2.05) is 13.8 Å². The molecule has 27 heavy (non-hydrogen) atoms. The lowest BCUT2D eigenvalue weighted by Crippen LogP contribution is -2.45. The van der Waals surface area contributed by atoms with Crippen molar-refractivity contribution in [2.45, 2.75) is 38.8 Å². The first-order chi connectivity index (χ1) is 12.8. The number of carboxylic acids is 1. The standard InChI is InChI=1S/C19H22FN3O4/c1-10(2)23-9-12(6-17(23)24)18(25)22-16(19(26)27)5-11-8-21-15-7-13(20)3-4-14(11)15/h3-4,7-8,10,12,16,21H,5-6,9H2,1-2H3,(H,22,25)(H,26,27)/t12-,16-/m1/s1. The number of nitrogens with zero attached hydrogens (tertiary/aromatic N) is 1. The quantitative estimate of drug-likeness (QED) is 0.715. The normalized spacial score (nSPS) is 18.3. The van der Waals surface area contributed by atoms with Crippen LogP contribution in [0, 0.1) is 11.7 Å². The molecule has 8 heteroatoms. The summed E-state index contributed by atoms with van der Waals surface area (Å²) in [6.07, 6.45) is 1.76. The van der Waals surface area contributed by atoms with Crippen molar-refractivity contribution in [3.8, 4) is 0 Å². The van der Waals surface area contributed by atoms with E-state index in [1.165, 1.54) is 12.1 Å². The van der Waals surface area contributed by atoms with Gasteiger partial charge in [-0.05, 0) is 37.6 Å². The lowest BCUT2D eigenvalue weighted by molar-refractivity contribution is -0.142. The largest absolute Gasteiger partial charge is 0.480 e. The number of rotatable bonds is 6. The fourth-order valence-corrected chi connectivity index (χ4v) is 3.44. The van der Waals surface area contributed by atoms with Crippen molar-refractivity contribution >= 4 is 28.7 Å². The van der Waals surface area contributed by atoms with Gasteiger partial charge >= 0.3 is 5.97 Å². The molecule has 2 amide bonds. The summed E-state index contributed by atoms with van der Waals surface area (Å²) in [5.41, 5.74) is 1.23. The Morgan fingerprint density at radius 1 is 1.41 bits per heavy atom. The van der Waals surface area contributed by atoms with E-state index in [4.69, 9.17) is 0 Å². The number of likely N-dealkylation sites (tertiary alicyclic amines) is 1. The van der Waals surface area contributed by atoms with E-state index in [-0.39, 0.29) is 30.6 Å². The number of aromatic nitrogens is 1. The minimum atomic E-state index is -1.16. The van der Waals surface area contributed by atoms with Crippen molar-refractivity contribution in [2.75, 3.05) is 6.54 Å². The molecule has 1 aliphatic rings. The van der Waals surface area contributed by atoms with Gasteiger partial charge in [-0.15, -0.1) is 0 Å². The highest BCUT2D eigenvalue weighted by Gasteiger charge is 2.36. The molecule has 1 aromatic heterocycles. The van der Waals surface area contributed by atoms with E-state index < -0.39 is 23.8 Å². The number of hydrogen-bond donors (Lipinski definition) is 3. The van der Waals surface area contributed by atoms with Crippen molar-refractivity contribution in [3.05, 3.63) is 35.8 Å². The van der Waals surface area contributed by atoms with Gasteiger partial charge in [0.1, 0.15) is 11.9 Å². The second-order valence-corrected chi connectivity index (χ2v) is 7.15. The minimum absolute atomic E-state index is 0.00261. The van der Waals surface area contributed by atoms with Crippen LogP contribution in [0.3, 0.4) is 0 Å². The average molecular weight is 375 g/mol. The number of aromatic amines is 1. The molecule has 2 aromatic rings. The molecule has 0 radical (unpaired) electrons. The van der Waals surface area contributed by atoms with Gasteiger partial charge in [0.15, 0.2) is 0 Å². The summed E-state index contributed by atoms with van der Waals surface area (Å²) in [7, 11) is 0. The van der Waals surface area contributed by atoms with Crippen molar-refractivity contribution in [3.63, 3.8) is 0 Å². The molecular formula is C19H22FN3O4. The van der Waals surface area contributed by atoms with Crippen molar-refractivity contribution in [1.82, 2.24) is 15.2 Å². The predicted octanol–water partition coefficient (Wildman–Crippen LogP) is 1.68. The molecule has 3 rings (SSSR count). The van der Waals surface area contributed by atoms with Crippen LogP contribution in [-0.2, 0) is 20.8 Å². The van der Waals surface area contributed by atoms with Crippen LogP contribution in [0.15, 0.2) is 24.4 Å². The number of nitrogens with one attached hydrogen (secondary N) is 2. The third-order valence-electron chi connectivity index (χ3n) is 4.92. The van der Waals surface area contributed by atoms with Gasteiger partial charge in [0.2, 0.25) is 11.8 Å². The predicted molar refractivity (Wildman–Crippen MR) is 96.5 cm³/mol. The molecule has 2 heterocycles. The van der Waals surface area contributed by atoms with Crippen molar-refractivity contribution in [1.29, 1.82) is 0 Å². The highest BCUT2D eigenvalue weighted by Crippen LogP contribution is 2.22. The first-order valence-electron chi connectivity index (χ1n) is 8.84. The van der Waals surface area contributed by atoms with E-state index in [0.29, 0.717) is 23.0 Å². The van der Waals surface area contributed by atoms with Gasteiger partial charge in [-0.2, -0.15) is 0 Å². The molecule has 7 nitrogen and oxygen atoms in total. The number of hydrogen-bond acceptors (Lipinski definition) is 3. The summed E-state index contributed by atoms with van der Waals surface area (Å²) in [6.45, 7) is 4.04. The lowest BCUT2D eigenvalue weighted by atomic mass is 10.0. The number of carbonyl (C=O) groups is 3. The maximum atomic E-state index is 13.3. The third-order valence-corrected chi connectivity index (χ3v) is 4.92. The van der Waals surface area contributed by atoms with E-state index in [0.717, 1.165) is 0 Å². The first kappa shape index (κ1) is 18.9.